The molecule has 0 amide bonds. The summed E-state index contributed by atoms with van der Waals surface area (Å²) in [6.45, 7) is 2.69. The van der Waals surface area contributed by atoms with E-state index in [0.717, 1.165) is 5.56 Å². The van der Waals surface area contributed by atoms with Gasteiger partial charge in [0.05, 0.1) is 24.2 Å². The molecule has 1 aromatic carbocycles. The van der Waals surface area contributed by atoms with Gasteiger partial charge in [-0.15, -0.1) is 0 Å². The van der Waals surface area contributed by atoms with Crippen LogP contribution in [-0.4, -0.2) is 24.7 Å². The number of benzene rings is 1. The van der Waals surface area contributed by atoms with Crippen LogP contribution in [0, 0.1) is 10.1 Å². The minimum absolute atomic E-state index is 0.0468. The lowest BCUT2D eigenvalue weighted by Gasteiger charge is -2.12. The summed E-state index contributed by atoms with van der Waals surface area (Å²) in [6, 6.07) is 4.88. The SMILES string of the molecule is COCC(C)OCc1cccc([N+](=O)[O-])c1Br. The van der Waals surface area contributed by atoms with Crippen molar-refractivity contribution in [2.24, 2.45) is 0 Å². The highest BCUT2D eigenvalue weighted by molar-refractivity contribution is 9.10. The normalized spacial score (nSPS) is 12.4. The molecule has 6 heteroatoms. The van der Waals surface area contributed by atoms with Gasteiger partial charge >= 0.3 is 0 Å². The van der Waals surface area contributed by atoms with Crippen LogP contribution in [0.15, 0.2) is 22.7 Å². The maximum Gasteiger partial charge on any atom is 0.283 e. The molecule has 0 saturated heterocycles. The third-order valence-corrected chi connectivity index (χ3v) is 3.10. The molecule has 0 heterocycles. The first-order valence-corrected chi connectivity index (χ1v) is 5.88. The van der Waals surface area contributed by atoms with Crippen LogP contribution in [0.1, 0.15) is 12.5 Å². The van der Waals surface area contributed by atoms with Crippen molar-refractivity contribution in [1.29, 1.82) is 0 Å². The molecule has 0 bridgehead atoms. The summed E-state index contributed by atoms with van der Waals surface area (Å²) in [7, 11) is 1.60. The Morgan fingerprint density at radius 1 is 1.53 bits per heavy atom. The Hall–Kier alpha value is -0.980. The Labute approximate surface area is 108 Å². The molecule has 1 rings (SSSR count). The zero-order valence-corrected chi connectivity index (χ0v) is 11.3. The molecule has 1 atom stereocenters. The first kappa shape index (κ1) is 14.1. The fourth-order valence-electron chi connectivity index (χ4n) is 1.33. The van der Waals surface area contributed by atoms with E-state index in [1.54, 1.807) is 19.2 Å². The second-order valence-electron chi connectivity index (χ2n) is 3.58. The van der Waals surface area contributed by atoms with E-state index >= 15 is 0 Å². The number of ether oxygens (including phenoxy) is 2. The molecule has 0 saturated carbocycles. The van der Waals surface area contributed by atoms with Crippen molar-refractivity contribution in [3.8, 4) is 0 Å². The van der Waals surface area contributed by atoms with E-state index < -0.39 is 4.92 Å². The van der Waals surface area contributed by atoms with Crippen LogP contribution < -0.4 is 0 Å². The van der Waals surface area contributed by atoms with E-state index in [1.807, 2.05) is 6.92 Å². The van der Waals surface area contributed by atoms with E-state index in [1.165, 1.54) is 6.07 Å². The van der Waals surface area contributed by atoms with Gasteiger partial charge in [0, 0.05) is 13.2 Å². The van der Waals surface area contributed by atoms with Crippen molar-refractivity contribution >= 4 is 21.6 Å². The fraction of sp³-hybridized carbons (Fsp3) is 0.455. The molecule has 1 unspecified atom stereocenters. The second-order valence-corrected chi connectivity index (χ2v) is 4.38. The van der Waals surface area contributed by atoms with Gasteiger partial charge in [-0.1, -0.05) is 12.1 Å². The van der Waals surface area contributed by atoms with Crippen molar-refractivity contribution < 1.29 is 14.4 Å². The number of hydrogen-bond acceptors (Lipinski definition) is 4. The van der Waals surface area contributed by atoms with Gasteiger partial charge in [0.25, 0.3) is 5.69 Å². The van der Waals surface area contributed by atoms with E-state index in [4.69, 9.17) is 9.47 Å². The van der Waals surface area contributed by atoms with Crippen LogP contribution in [0.3, 0.4) is 0 Å². The molecule has 0 aliphatic rings. The lowest BCUT2D eigenvalue weighted by molar-refractivity contribution is -0.385. The summed E-state index contributed by atoms with van der Waals surface area (Å²) >= 11 is 3.22. The molecule has 0 spiro atoms. The first-order valence-electron chi connectivity index (χ1n) is 5.08. The average Bonchev–Trinajstić information content (AvgIpc) is 2.27. The maximum atomic E-state index is 10.7. The molecule has 17 heavy (non-hydrogen) atoms. The number of nitro benzene ring substituents is 1. The monoisotopic (exact) mass is 303 g/mol. The summed E-state index contributed by atoms with van der Waals surface area (Å²) < 4.78 is 10.9. The van der Waals surface area contributed by atoms with Crippen molar-refractivity contribution in [3.63, 3.8) is 0 Å². The number of nitrogens with zero attached hydrogens (tertiary/aromatic N) is 1. The highest BCUT2D eigenvalue weighted by Crippen LogP contribution is 2.28. The van der Waals surface area contributed by atoms with Crippen LogP contribution >= 0.6 is 15.9 Å². The molecule has 1 aromatic rings. The summed E-state index contributed by atoms with van der Waals surface area (Å²) in [5.41, 5.74) is 0.799. The van der Waals surface area contributed by atoms with Crippen LogP contribution in [0.4, 0.5) is 5.69 Å². The van der Waals surface area contributed by atoms with E-state index in [9.17, 15) is 10.1 Å². The summed E-state index contributed by atoms with van der Waals surface area (Å²) in [5.74, 6) is 0. The Kier molecular flexibility index (Phi) is 5.54. The van der Waals surface area contributed by atoms with Crippen LogP contribution in [0.2, 0.25) is 0 Å². The number of halogens is 1. The Morgan fingerprint density at radius 2 is 2.24 bits per heavy atom. The standard InChI is InChI=1S/C11H14BrNO4/c1-8(6-16-2)17-7-9-4-3-5-10(11(9)12)13(14)15/h3-5,8H,6-7H2,1-2H3. The highest BCUT2D eigenvalue weighted by atomic mass is 79.9. The van der Waals surface area contributed by atoms with Crippen LogP contribution in [0.5, 0.6) is 0 Å². The van der Waals surface area contributed by atoms with E-state index in [0.29, 0.717) is 17.7 Å². The largest absolute Gasteiger partial charge is 0.382 e. The smallest absolute Gasteiger partial charge is 0.283 e. The number of nitro groups is 1. The number of rotatable bonds is 6. The quantitative estimate of drug-likeness (QED) is 0.599. The summed E-state index contributed by atoms with van der Waals surface area (Å²) in [5, 5.41) is 10.7. The third kappa shape index (κ3) is 4.07. The fourth-order valence-corrected chi connectivity index (χ4v) is 1.86. The molecular weight excluding hydrogens is 290 g/mol. The molecule has 0 aromatic heterocycles. The van der Waals surface area contributed by atoms with Gasteiger partial charge in [0.15, 0.2) is 0 Å². The Bertz CT molecular complexity index is 397. The molecule has 0 radical (unpaired) electrons. The van der Waals surface area contributed by atoms with Crippen molar-refractivity contribution in [3.05, 3.63) is 38.3 Å². The van der Waals surface area contributed by atoms with Crippen molar-refractivity contribution in [2.75, 3.05) is 13.7 Å². The lowest BCUT2D eigenvalue weighted by Crippen LogP contribution is -2.14. The Balaban J connectivity index is 2.72. The number of methoxy groups -OCH3 is 1. The summed E-state index contributed by atoms with van der Waals surface area (Å²) in [6.07, 6.45) is -0.0498. The minimum atomic E-state index is -0.424. The third-order valence-electron chi connectivity index (χ3n) is 2.18. The molecule has 0 fully saturated rings. The van der Waals surface area contributed by atoms with Gasteiger partial charge < -0.3 is 9.47 Å². The van der Waals surface area contributed by atoms with E-state index in [-0.39, 0.29) is 11.8 Å². The lowest BCUT2D eigenvalue weighted by atomic mass is 10.2. The van der Waals surface area contributed by atoms with Gasteiger partial charge in [0.2, 0.25) is 0 Å². The molecule has 0 N–H and O–H groups in total. The number of hydrogen-bond donors (Lipinski definition) is 0. The topological polar surface area (TPSA) is 61.6 Å². The zero-order chi connectivity index (χ0) is 12.8. The summed E-state index contributed by atoms with van der Waals surface area (Å²) in [4.78, 5) is 10.3. The second kappa shape index (κ2) is 6.68. The van der Waals surface area contributed by atoms with Crippen LogP contribution in [0.25, 0.3) is 0 Å². The Morgan fingerprint density at radius 3 is 2.82 bits per heavy atom. The van der Waals surface area contributed by atoms with Gasteiger partial charge in [0.1, 0.15) is 4.47 Å². The van der Waals surface area contributed by atoms with Crippen LogP contribution in [-0.2, 0) is 16.1 Å². The van der Waals surface area contributed by atoms with Crippen molar-refractivity contribution in [1.82, 2.24) is 0 Å². The predicted octanol–water partition coefficient (Wildman–Crippen LogP) is 2.91. The van der Waals surface area contributed by atoms with Gasteiger partial charge in [-0.2, -0.15) is 0 Å². The molecule has 94 valence electrons. The minimum Gasteiger partial charge on any atom is -0.382 e. The van der Waals surface area contributed by atoms with Gasteiger partial charge in [-0.3, -0.25) is 10.1 Å². The maximum absolute atomic E-state index is 10.7. The average molecular weight is 304 g/mol. The molecular formula is C11H14BrNO4. The first-order chi connectivity index (χ1) is 8.06. The van der Waals surface area contributed by atoms with Gasteiger partial charge in [-0.05, 0) is 28.4 Å². The van der Waals surface area contributed by atoms with Crippen molar-refractivity contribution in [2.45, 2.75) is 19.6 Å². The highest BCUT2D eigenvalue weighted by Gasteiger charge is 2.15. The molecule has 0 aliphatic heterocycles. The van der Waals surface area contributed by atoms with E-state index in [2.05, 4.69) is 15.9 Å². The molecule has 5 nitrogen and oxygen atoms in total. The van der Waals surface area contributed by atoms with Gasteiger partial charge in [-0.25, -0.2) is 0 Å². The predicted molar refractivity (Wildman–Crippen MR) is 66.9 cm³/mol. The molecule has 0 aliphatic carbocycles. The zero-order valence-electron chi connectivity index (χ0n) is 9.68.